The van der Waals surface area contributed by atoms with Crippen molar-refractivity contribution in [3.05, 3.63) is 71.5 Å². The molecule has 2 amide bonds. The number of carbonyl (C=O) groups is 3. The van der Waals surface area contributed by atoms with Crippen LogP contribution in [-0.4, -0.2) is 46.0 Å². The minimum Gasteiger partial charge on any atom is -1.00 e. The average Bonchev–Trinajstić information content (AvgIpc) is 2.72. The van der Waals surface area contributed by atoms with E-state index in [0.717, 1.165) is 16.7 Å². The number of amides is 2. The first kappa shape index (κ1) is 23.7. The first-order valence-corrected chi connectivity index (χ1v) is 9.23. The van der Waals surface area contributed by atoms with Gasteiger partial charge in [-0.2, -0.15) is 0 Å². The van der Waals surface area contributed by atoms with Crippen molar-refractivity contribution in [1.29, 1.82) is 0 Å². The van der Waals surface area contributed by atoms with Crippen LogP contribution < -0.4 is 34.9 Å². The van der Waals surface area contributed by atoms with E-state index in [1.807, 2.05) is 54.6 Å². The molecule has 0 aromatic heterocycles. The van der Waals surface area contributed by atoms with Crippen molar-refractivity contribution in [2.75, 3.05) is 13.1 Å². The zero-order valence-corrected chi connectivity index (χ0v) is 19.0. The van der Waals surface area contributed by atoms with Gasteiger partial charge in [0.1, 0.15) is 17.9 Å². The molecule has 0 spiro atoms. The van der Waals surface area contributed by atoms with Crippen LogP contribution in [0.15, 0.2) is 65.9 Å². The van der Waals surface area contributed by atoms with Crippen LogP contribution in [0, 0.1) is 5.92 Å². The summed E-state index contributed by atoms with van der Waals surface area (Å²) in [4.78, 5) is 37.1. The van der Waals surface area contributed by atoms with Crippen LogP contribution in [0.1, 0.15) is 13.9 Å². The molecule has 1 aliphatic heterocycles. The van der Waals surface area contributed by atoms with Gasteiger partial charge < -0.3 is 21.9 Å². The number of benzene rings is 2. The van der Waals surface area contributed by atoms with Crippen LogP contribution in [0.5, 0.6) is 0 Å². The van der Waals surface area contributed by atoms with Crippen molar-refractivity contribution in [2.24, 2.45) is 5.92 Å². The third-order valence-corrected chi connectivity index (χ3v) is 4.78. The maximum absolute atomic E-state index is 12.8. The van der Waals surface area contributed by atoms with Crippen LogP contribution in [0.3, 0.4) is 0 Å². The van der Waals surface area contributed by atoms with E-state index in [0.29, 0.717) is 0 Å². The Morgan fingerprint density at radius 1 is 1.10 bits per heavy atom. The van der Waals surface area contributed by atoms with Crippen LogP contribution in [-0.2, 0) is 20.9 Å². The molecule has 3 N–H and O–H groups in total. The van der Waals surface area contributed by atoms with Gasteiger partial charge in [0.15, 0.2) is 0 Å². The number of nitrogens with one attached hydrogen (secondary N) is 1. The van der Waals surface area contributed by atoms with E-state index < -0.39 is 35.8 Å². The second-order valence-corrected chi connectivity index (χ2v) is 6.99. The van der Waals surface area contributed by atoms with Crippen molar-refractivity contribution in [3.63, 3.8) is 0 Å². The molecule has 30 heavy (non-hydrogen) atoms. The number of carboxylic acid groups (broad SMARTS) is 1. The van der Waals surface area contributed by atoms with E-state index in [2.05, 4.69) is 5.32 Å². The largest absolute Gasteiger partial charge is 1.00 e. The van der Waals surface area contributed by atoms with E-state index in [9.17, 15) is 19.5 Å². The number of carbonyl (C=O) groups excluding carboxylic acids is 2. The summed E-state index contributed by atoms with van der Waals surface area (Å²) in [5.41, 5.74) is 2.63. The van der Waals surface area contributed by atoms with Gasteiger partial charge in [-0.15, -0.1) is 0 Å². The van der Waals surface area contributed by atoms with E-state index in [-0.39, 0.29) is 49.8 Å². The minimum atomic E-state index is -1.23. The topological polar surface area (TPSA) is 107 Å². The molecule has 7 nitrogen and oxygen atoms in total. The summed E-state index contributed by atoms with van der Waals surface area (Å²) >= 11 is 0. The minimum absolute atomic E-state index is 0. The molecule has 0 aliphatic carbocycles. The fourth-order valence-corrected chi connectivity index (χ4v) is 3.26. The summed E-state index contributed by atoms with van der Waals surface area (Å²) in [5.74, 6) is -3.47. The first-order chi connectivity index (χ1) is 13.9. The van der Waals surface area contributed by atoms with Gasteiger partial charge in [-0.25, -0.2) is 0 Å². The van der Waals surface area contributed by atoms with Crippen LogP contribution in [0.25, 0.3) is 11.1 Å². The molecule has 2 aromatic carbocycles. The predicted molar refractivity (Wildman–Crippen MR) is 108 cm³/mol. The smallest absolute Gasteiger partial charge is 1.00 e. The summed E-state index contributed by atoms with van der Waals surface area (Å²) < 4.78 is 0. The summed E-state index contributed by atoms with van der Waals surface area (Å²) in [6.45, 7) is 1.62. The van der Waals surface area contributed by atoms with Crippen LogP contribution in [0.4, 0.5) is 0 Å². The van der Waals surface area contributed by atoms with Crippen molar-refractivity contribution < 1.29 is 55.6 Å². The Bertz CT molecular complexity index is 964. The quantitative estimate of drug-likeness (QED) is 0.432. The van der Waals surface area contributed by atoms with E-state index in [1.165, 1.54) is 4.90 Å². The van der Waals surface area contributed by atoms with Crippen molar-refractivity contribution in [3.8, 4) is 11.1 Å². The summed E-state index contributed by atoms with van der Waals surface area (Å²) in [6, 6.07) is 17.7. The summed E-state index contributed by atoms with van der Waals surface area (Å²) in [6.07, 6.45) is 0. The summed E-state index contributed by atoms with van der Waals surface area (Å²) in [5, 5.41) is 21.1. The molecule has 0 fully saturated rings. The predicted octanol–water partition coefficient (Wildman–Crippen LogP) is -0.539. The third-order valence-electron chi connectivity index (χ3n) is 4.78. The van der Waals surface area contributed by atoms with Gasteiger partial charge >= 0.3 is 35.5 Å². The number of aliphatic hydroxyl groups is 1. The number of hydrogen-bond donors (Lipinski definition) is 3. The van der Waals surface area contributed by atoms with Gasteiger partial charge in [-0.3, -0.25) is 14.4 Å². The van der Waals surface area contributed by atoms with Gasteiger partial charge in [0, 0.05) is 19.0 Å². The van der Waals surface area contributed by atoms with E-state index in [4.69, 9.17) is 5.11 Å². The molecule has 0 bridgehead atoms. The number of aliphatic carboxylic acids is 1. The second kappa shape index (κ2) is 10.4. The Kier molecular flexibility index (Phi) is 8.23. The van der Waals surface area contributed by atoms with Crippen molar-refractivity contribution >= 4 is 17.8 Å². The van der Waals surface area contributed by atoms with Gasteiger partial charge in [0.25, 0.3) is 11.8 Å². The zero-order valence-electron chi connectivity index (χ0n) is 18.0. The van der Waals surface area contributed by atoms with Crippen LogP contribution >= 0.6 is 0 Å². The molecular formula is C22H23N2NaO5. The monoisotopic (exact) mass is 418 g/mol. The molecule has 8 heteroatoms. The average molecular weight is 418 g/mol. The van der Waals surface area contributed by atoms with Gasteiger partial charge in [0.05, 0.1) is 0 Å². The molecule has 2 aromatic rings. The van der Waals surface area contributed by atoms with Gasteiger partial charge in [0.2, 0.25) is 0 Å². The molecule has 1 heterocycles. The van der Waals surface area contributed by atoms with Gasteiger partial charge in [-0.1, -0.05) is 61.5 Å². The Labute approximate surface area is 198 Å². The fraction of sp³-hybridized carbons (Fsp3) is 0.227. The molecule has 0 unspecified atom stereocenters. The Hall–Kier alpha value is -2.61. The molecular weight excluding hydrogens is 395 g/mol. The number of rotatable bonds is 6. The van der Waals surface area contributed by atoms with Crippen molar-refractivity contribution in [2.45, 2.75) is 13.5 Å². The molecule has 152 valence electrons. The first-order valence-electron chi connectivity index (χ1n) is 9.23. The summed E-state index contributed by atoms with van der Waals surface area (Å²) in [7, 11) is 0. The normalized spacial score (nSPS) is 16.1. The second-order valence-electron chi connectivity index (χ2n) is 6.99. The Balaban J connectivity index is 0.00000240. The molecule has 1 atom stereocenters. The fourth-order valence-electron chi connectivity index (χ4n) is 3.26. The number of nitrogens with zero attached hydrogens (tertiary/aromatic N) is 1. The standard InChI is InChI=1S/C22H22N2O5.Na.H/c1-14-12-24(22(29)19(20(14)27)21(28)23-11-18(25)26)13-15-7-9-17(10-8-15)16-5-3-2-4-6-16;;/h2-10,14,27H,11-13H2,1H3,(H,23,28)(H,25,26);;/q;+1;-1/t14-;;/m1../s1. The van der Waals surface area contributed by atoms with Crippen molar-refractivity contribution in [1.82, 2.24) is 10.2 Å². The number of carboxylic acids is 1. The van der Waals surface area contributed by atoms with Crippen LogP contribution in [0.2, 0.25) is 0 Å². The van der Waals surface area contributed by atoms with E-state index >= 15 is 0 Å². The Morgan fingerprint density at radius 2 is 1.70 bits per heavy atom. The SMILES string of the molecule is C[C@@H]1CN(Cc2ccc(-c3ccccc3)cc2)C(=O)C(C(=O)NCC(=O)O)=C1O.[H-].[Na+]. The molecule has 3 rings (SSSR count). The maximum Gasteiger partial charge on any atom is 1.00 e. The molecule has 0 saturated carbocycles. The molecule has 0 radical (unpaired) electrons. The molecule has 0 saturated heterocycles. The number of hydrogen-bond acceptors (Lipinski definition) is 4. The Morgan fingerprint density at radius 3 is 2.30 bits per heavy atom. The maximum atomic E-state index is 12.8. The third kappa shape index (κ3) is 5.50. The zero-order chi connectivity index (χ0) is 21.0. The van der Waals surface area contributed by atoms with Gasteiger partial charge in [-0.05, 0) is 16.7 Å². The van der Waals surface area contributed by atoms with E-state index in [1.54, 1.807) is 6.92 Å². The molecule has 1 aliphatic rings. The number of aliphatic hydroxyl groups excluding tert-OH is 1.